The summed E-state index contributed by atoms with van der Waals surface area (Å²) in [6, 6.07) is 9.53. The van der Waals surface area contributed by atoms with Crippen LogP contribution in [0.3, 0.4) is 0 Å². The first-order chi connectivity index (χ1) is 11.8. The van der Waals surface area contributed by atoms with E-state index >= 15 is 0 Å². The first-order valence-corrected chi connectivity index (χ1v) is 8.94. The Bertz CT molecular complexity index is 867. The number of benzene rings is 2. The maximum absolute atomic E-state index is 13.0. The Morgan fingerprint density at radius 1 is 1.16 bits per heavy atom. The summed E-state index contributed by atoms with van der Waals surface area (Å²) in [5.74, 6) is -0.677. The standard InChI is InChI=1S/C17H19FN2O4S/c1-11(12-4-7-14(18)8-5-12)20-17(21)13-6-9-15(24-3)16(10-13)25(22,23)19-2/h4-11,19H,1-3H3,(H,20,21). The highest BCUT2D eigenvalue weighted by molar-refractivity contribution is 7.89. The Hall–Kier alpha value is -2.45. The highest BCUT2D eigenvalue weighted by Gasteiger charge is 2.21. The van der Waals surface area contributed by atoms with E-state index in [2.05, 4.69) is 10.0 Å². The van der Waals surface area contributed by atoms with Crippen LogP contribution >= 0.6 is 0 Å². The van der Waals surface area contributed by atoms with Gasteiger partial charge in [-0.2, -0.15) is 0 Å². The summed E-state index contributed by atoms with van der Waals surface area (Å²) in [6.45, 7) is 1.75. The van der Waals surface area contributed by atoms with Crippen LogP contribution in [-0.2, 0) is 10.0 Å². The van der Waals surface area contributed by atoms with Gasteiger partial charge < -0.3 is 10.1 Å². The van der Waals surface area contributed by atoms with Crippen LogP contribution in [0.15, 0.2) is 47.4 Å². The molecule has 2 rings (SSSR count). The molecule has 134 valence electrons. The monoisotopic (exact) mass is 366 g/mol. The maximum atomic E-state index is 13.0. The molecule has 6 nitrogen and oxygen atoms in total. The topological polar surface area (TPSA) is 84.5 Å². The van der Waals surface area contributed by atoms with Crippen LogP contribution in [0.25, 0.3) is 0 Å². The van der Waals surface area contributed by atoms with Gasteiger partial charge in [0.15, 0.2) is 0 Å². The van der Waals surface area contributed by atoms with Gasteiger partial charge in [-0.25, -0.2) is 17.5 Å². The number of sulfonamides is 1. The summed E-state index contributed by atoms with van der Waals surface area (Å²) in [6.07, 6.45) is 0. The number of carbonyl (C=O) groups excluding carboxylic acids is 1. The summed E-state index contributed by atoms with van der Waals surface area (Å²) >= 11 is 0. The van der Waals surface area contributed by atoms with Crippen molar-refractivity contribution >= 4 is 15.9 Å². The van der Waals surface area contributed by atoms with Gasteiger partial charge in [-0.3, -0.25) is 4.79 Å². The highest BCUT2D eigenvalue weighted by atomic mass is 32.2. The summed E-state index contributed by atoms with van der Waals surface area (Å²) < 4.78 is 44.4. The van der Waals surface area contributed by atoms with Crippen molar-refractivity contribution in [2.24, 2.45) is 0 Å². The summed E-state index contributed by atoms with van der Waals surface area (Å²) in [5, 5.41) is 2.75. The Kier molecular flexibility index (Phi) is 5.76. The Balaban J connectivity index is 2.27. The quantitative estimate of drug-likeness (QED) is 0.821. The number of rotatable bonds is 6. The molecular weight excluding hydrogens is 347 g/mol. The summed E-state index contributed by atoms with van der Waals surface area (Å²) in [7, 11) is -1.16. The van der Waals surface area contributed by atoms with E-state index < -0.39 is 15.9 Å². The average molecular weight is 366 g/mol. The lowest BCUT2D eigenvalue weighted by atomic mass is 10.1. The predicted octanol–water partition coefficient (Wildman–Crippen LogP) is 2.23. The molecule has 2 N–H and O–H groups in total. The zero-order valence-electron chi connectivity index (χ0n) is 14.0. The van der Waals surface area contributed by atoms with Crippen LogP contribution in [0.2, 0.25) is 0 Å². The van der Waals surface area contributed by atoms with Gasteiger partial charge in [0.1, 0.15) is 16.5 Å². The molecule has 2 aromatic rings. The van der Waals surface area contributed by atoms with Crippen LogP contribution in [-0.4, -0.2) is 28.5 Å². The molecule has 0 aliphatic heterocycles. The van der Waals surface area contributed by atoms with Crippen LogP contribution in [0, 0.1) is 5.82 Å². The third-order valence-electron chi connectivity index (χ3n) is 3.70. The predicted molar refractivity (Wildman–Crippen MR) is 91.5 cm³/mol. The minimum Gasteiger partial charge on any atom is -0.495 e. The van der Waals surface area contributed by atoms with Gasteiger partial charge in [0.25, 0.3) is 5.91 Å². The number of halogens is 1. The molecule has 0 aliphatic carbocycles. The van der Waals surface area contributed by atoms with Crippen molar-refractivity contribution in [2.45, 2.75) is 17.9 Å². The number of amides is 1. The number of methoxy groups -OCH3 is 1. The zero-order valence-corrected chi connectivity index (χ0v) is 14.9. The first kappa shape index (κ1) is 18.9. The van der Waals surface area contributed by atoms with E-state index in [1.807, 2.05) is 0 Å². The smallest absolute Gasteiger partial charge is 0.251 e. The third kappa shape index (κ3) is 4.34. The average Bonchev–Trinajstić information content (AvgIpc) is 2.61. The van der Waals surface area contributed by atoms with Crippen molar-refractivity contribution in [3.05, 3.63) is 59.4 Å². The molecular formula is C17H19FN2O4S. The fourth-order valence-electron chi connectivity index (χ4n) is 2.25. The zero-order chi connectivity index (χ0) is 18.6. The molecule has 0 fully saturated rings. The minimum absolute atomic E-state index is 0.125. The molecule has 1 atom stereocenters. The van der Waals surface area contributed by atoms with Crippen LogP contribution < -0.4 is 14.8 Å². The minimum atomic E-state index is -3.78. The number of hydrogen-bond acceptors (Lipinski definition) is 4. The van der Waals surface area contributed by atoms with Crippen molar-refractivity contribution in [3.63, 3.8) is 0 Å². The van der Waals surface area contributed by atoms with Gasteiger partial charge >= 0.3 is 0 Å². The number of carbonyl (C=O) groups is 1. The van der Waals surface area contributed by atoms with Crippen LogP contribution in [0.4, 0.5) is 4.39 Å². The van der Waals surface area contributed by atoms with Gasteiger partial charge in [-0.15, -0.1) is 0 Å². The van der Waals surface area contributed by atoms with Crippen molar-refractivity contribution < 1.29 is 22.3 Å². The molecule has 0 saturated heterocycles. The van der Waals surface area contributed by atoms with E-state index in [1.165, 1.54) is 44.5 Å². The van der Waals surface area contributed by atoms with E-state index in [0.29, 0.717) is 0 Å². The van der Waals surface area contributed by atoms with Crippen LogP contribution in [0.5, 0.6) is 5.75 Å². The van der Waals surface area contributed by atoms with Crippen molar-refractivity contribution in [1.29, 1.82) is 0 Å². The van der Waals surface area contributed by atoms with Gasteiger partial charge in [0, 0.05) is 5.56 Å². The number of hydrogen-bond donors (Lipinski definition) is 2. The Morgan fingerprint density at radius 3 is 2.36 bits per heavy atom. The fraction of sp³-hybridized carbons (Fsp3) is 0.235. The second kappa shape index (κ2) is 7.62. The normalized spacial score (nSPS) is 12.5. The van der Waals surface area contributed by atoms with Gasteiger partial charge in [0.05, 0.1) is 13.2 Å². The summed E-state index contributed by atoms with van der Waals surface area (Å²) in [5.41, 5.74) is 0.898. The molecule has 25 heavy (non-hydrogen) atoms. The molecule has 2 aromatic carbocycles. The lowest BCUT2D eigenvalue weighted by Gasteiger charge is -2.15. The molecule has 1 unspecified atom stereocenters. The van der Waals surface area contributed by atoms with Crippen LogP contribution in [0.1, 0.15) is 28.9 Å². The Labute approximate surface area is 146 Å². The molecule has 0 aliphatic rings. The number of nitrogens with one attached hydrogen (secondary N) is 2. The molecule has 0 bridgehead atoms. The van der Waals surface area contributed by atoms with Gasteiger partial charge in [-0.1, -0.05) is 12.1 Å². The third-order valence-corrected chi connectivity index (χ3v) is 5.14. The Morgan fingerprint density at radius 2 is 1.80 bits per heavy atom. The molecule has 0 radical (unpaired) electrons. The van der Waals surface area contributed by atoms with Gasteiger partial charge in [-0.05, 0) is 49.9 Å². The lowest BCUT2D eigenvalue weighted by molar-refractivity contribution is 0.0939. The van der Waals surface area contributed by atoms with Crippen molar-refractivity contribution in [3.8, 4) is 5.75 Å². The largest absolute Gasteiger partial charge is 0.495 e. The first-order valence-electron chi connectivity index (χ1n) is 7.46. The van der Waals surface area contributed by atoms with Crippen molar-refractivity contribution in [1.82, 2.24) is 10.0 Å². The van der Waals surface area contributed by atoms with E-state index in [4.69, 9.17) is 4.74 Å². The second-order valence-electron chi connectivity index (χ2n) is 5.32. The van der Waals surface area contributed by atoms with E-state index in [0.717, 1.165) is 5.56 Å². The number of ether oxygens (including phenoxy) is 1. The second-order valence-corrected chi connectivity index (χ2v) is 7.17. The molecule has 0 aromatic heterocycles. The molecule has 0 spiro atoms. The van der Waals surface area contributed by atoms with E-state index in [-0.39, 0.29) is 28.1 Å². The molecule has 0 saturated carbocycles. The maximum Gasteiger partial charge on any atom is 0.251 e. The summed E-state index contributed by atoms with van der Waals surface area (Å²) in [4.78, 5) is 12.3. The SMILES string of the molecule is CNS(=O)(=O)c1cc(C(=O)NC(C)c2ccc(F)cc2)ccc1OC. The van der Waals surface area contributed by atoms with Gasteiger partial charge in [0.2, 0.25) is 10.0 Å². The molecule has 1 amide bonds. The van der Waals surface area contributed by atoms with E-state index in [1.54, 1.807) is 19.1 Å². The molecule has 0 heterocycles. The fourth-order valence-corrected chi connectivity index (χ4v) is 3.17. The lowest BCUT2D eigenvalue weighted by Crippen LogP contribution is -2.27. The molecule has 8 heteroatoms. The van der Waals surface area contributed by atoms with E-state index in [9.17, 15) is 17.6 Å². The van der Waals surface area contributed by atoms with Crippen molar-refractivity contribution in [2.75, 3.05) is 14.2 Å². The highest BCUT2D eigenvalue weighted by Crippen LogP contribution is 2.25.